The van der Waals surface area contributed by atoms with E-state index in [1.165, 1.54) is 0 Å². The van der Waals surface area contributed by atoms with E-state index in [0.29, 0.717) is 23.0 Å². The summed E-state index contributed by atoms with van der Waals surface area (Å²) in [6, 6.07) is 48.6. The van der Waals surface area contributed by atoms with Gasteiger partial charge in [0.1, 0.15) is 22.7 Å². The van der Waals surface area contributed by atoms with Crippen LogP contribution in [0.1, 0.15) is 33.4 Å². The first-order valence-corrected chi connectivity index (χ1v) is 15.7. The van der Waals surface area contributed by atoms with E-state index in [-0.39, 0.29) is 0 Å². The fourth-order valence-corrected chi connectivity index (χ4v) is 6.65. The van der Waals surface area contributed by atoms with E-state index < -0.39 is 11.2 Å². The minimum atomic E-state index is -1.19. The van der Waals surface area contributed by atoms with Crippen LogP contribution in [-0.4, -0.2) is 28.4 Å². The first-order chi connectivity index (χ1) is 23.5. The molecule has 1 heterocycles. The Hall–Kier alpha value is -5.72. The Morgan fingerprint density at radius 3 is 1.08 bits per heavy atom. The molecule has 0 radical (unpaired) electrons. The molecule has 2 unspecified atom stereocenters. The van der Waals surface area contributed by atoms with Crippen molar-refractivity contribution >= 4 is 0 Å². The minimum absolute atomic E-state index is 0.527. The van der Waals surface area contributed by atoms with Crippen molar-refractivity contribution in [3.05, 3.63) is 179 Å². The van der Waals surface area contributed by atoms with Crippen LogP contribution in [0.25, 0.3) is 0 Å². The lowest BCUT2D eigenvalue weighted by Gasteiger charge is -2.47. The Bertz CT molecular complexity index is 1860. The molecule has 0 saturated heterocycles. The molecule has 1 aliphatic rings. The third kappa shape index (κ3) is 5.11. The maximum atomic E-state index is 8.10. The summed E-state index contributed by atoms with van der Waals surface area (Å²) >= 11 is 0. The first kappa shape index (κ1) is 30.9. The molecule has 7 rings (SSSR count). The van der Waals surface area contributed by atoms with Crippen molar-refractivity contribution in [2.75, 3.05) is 28.4 Å². The van der Waals surface area contributed by atoms with Crippen molar-refractivity contribution in [3.8, 4) is 34.5 Å². The summed E-state index contributed by atoms with van der Waals surface area (Å²) in [5.41, 5.74) is 2.95. The van der Waals surface area contributed by atoms with E-state index in [2.05, 4.69) is 48.5 Å². The monoisotopic (exact) mass is 636 g/mol. The largest absolute Gasteiger partial charge is 0.497 e. The summed E-state index contributed by atoms with van der Waals surface area (Å²) < 4.78 is 37.7. The zero-order valence-corrected chi connectivity index (χ0v) is 27.3. The average molecular weight is 637 g/mol. The van der Waals surface area contributed by atoms with Crippen LogP contribution in [0.4, 0.5) is 0 Å². The van der Waals surface area contributed by atoms with Gasteiger partial charge >= 0.3 is 0 Å². The van der Waals surface area contributed by atoms with Crippen molar-refractivity contribution in [3.63, 3.8) is 0 Å². The van der Waals surface area contributed by atoms with Crippen molar-refractivity contribution in [2.24, 2.45) is 0 Å². The van der Waals surface area contributed by atoms with Crippen LogP contribution in [0.3, 0.4) is 0 Å². The molecule has 0 N–H and O–H groups in total. The highest BCUT2D eigenvalue weighted by atomic mass is 16.5. The summed E-state index contributed by atoms with van der Waals surface area (Å²) in [5, 5.41) is 0. The van der Waals surface area contributed by atoms with Gasteiger partial charge in [0.2, 0.25) is 0 Å². The molecule has 6 aromatic rings. The predicted octanol–water partition coefficient (Wildman–Crippen LogP) is 9.13. The van der Waals surface area contributed by atoms with Gasteiger partial charge in [-0.1, -0.05) is 97.1 Å². The fraction of sp³-hybridized carbons (Fsp3) is 0.143. The maximum Gasteiger partial charge on any atom is 0.169 e. The molecule has 0 spiro atoms. The predicted molar refractivity (Wildman–Crippen MR) is 186 cm³/mol. The number of benzene rings is 6. The van der Waals surface area contributed by atoms with Gasteiger partial charge in [0.15, 0.2) is 23.0 Å². The lowest BCUT2D eigenvalue weighted by molar-refractivity contribution is -0.0813. The van der Waals surface area contributed by atoms with Crippen LogP contribution in [0, 0.1) is 0 Å². The number of rotatable bonds is 8. The van der Waals surface area contributed by atoms with Gasteiger partial charge in [-0.15, -0.1) is 0 Å². The average Bonchev–Trinajstić information content (AvgIpc) is 3.16. The Morgan fingerprint density at radius 2 is 0.729 bits per heavy atom. The SMILES string of the molecule is COc1ccc(C2(c3ccccc3)OC(c3ccccc3)(c3ccc(OC)cc3)c3ccc(OC)c(c3)Oc3cc2ccc3OC)cc1. The Kier molecular flexibility index (Phi) is 8.26. The molecule has 0 aromatic heterocycles. The summed E-state index contributed by atoms with van der Waals surface area (Å²) in [7, 11) is 6.60. The van der Waals surface area contributed by atoms with Crippen molar-refractivity contribution in [1.82, 2.24) is 0 Å². The highest BCUT2D eigenvalue weighted by Crippen LogP contribution is 2.54. The fourth-order valence-electron chi connectivity index (χ4n) is 6.65. The molecular formula is C42H36O6. The quantitative estimate of drug-likeness (QED) is 0.166. The van der Waals surface area contributed by atoms with Crippen LogP contribution in [0.2, 0.25) is 0 Å². The van der Waals surface area contributed by atoms with Crippen LogP contribution >= 0.6 is 0 Å². The van der Waals surface area contributed by atoms with E-state index in [1.54, 1.807) is 28.4 Å². The molecular weight excluding hydrogens is 600 g/mol. The number of hydrogen-bond donors (Lipinski definition) is 0. The Labute approximate surface area is 281 Å². The highest BCUT2D eigenvalue weighted by molar-refractivity contribution is 5.60. The van der Waals surface area contributed by atoms with Crippen molar-refractivity contribution in [1.29, 1.82) is 0 Å². The summed E-state index contributed by atoms with van der Waals surface area (Å²) in [6.07, 6.45) is 0. The third-order valence-corrected chi connectivity index (χ3v) is 9.02. The first-order valence-electron chi connectivity index (χ1n) is 15.7. The molecule has 6 aromatic carbocycles. The lowest BCUT2D eigenvalue weighted by atomic mass is 9.75. The number of methoxy groups -OCH3 is 4. The van der Waals surface area contributed by atoms with Crippen molar-refractivity contribution < 1.29 is 28.4 Å². The second kappa shape index (κ2) is 12.8. The van der Waals surface area contributed by atoms with Gasteiger partial charge in [-0.25, -0.2) is 0 Å². The van der Waals surface area contributed by atoms with Crippen LogP contribution in [0.15, 0.2) is 146 Å². The number of fused-ring (bicyclic) bond motifs is 4. The van der Waals surface area contributed by atoms with E-state index in [9.17, 15) is 0 Å². The van der Waals surface area contributed by atoms with Gasteiger partial charge in [0, 0.05) is 0 Å². The molecule has 4 bridgehead atoms. The van der Waals surface area contributed by atoms with Gasteiger partial charge in [-0.2, -0.15) is 0 Å². The lowest BCUT2D eigenvalue weighted by Crippen LogP contribution is -2.44. The van der Waals surface area contributed by atoms with Crippen LogP contribution in [-0.2, 0) is 15.9 Å². The maximum absolute atomic E-state index is 8.10. The minimum Gasteiger partial charge on any atom is -0.497 e. The second-order valence-corrected chi connectivity index (χ2v) is 11.5. The molecule has 2 atom stereocenters. The van der Waals surface area contributed by atoms with Gasteiger partial charge in [0.05, 0.1) is 28.4 Å². The molecule has 1 aliphatic heterocycles. The smallest absolute Gasteiger partial charge is 0.169 e. The third-order valence-electron chi connectivity index (χ3n) is 9.02. The Morgan fingerprint density at radius 1 is 0.375 bits per heavy atom. The van der Waals surface area contributed by atoms with E-state index in [1.807, 2.05) is 97.1 Å². The normalized spacial score (nSPS) is 18.2. The number of ether oxygens (including phenoxy) is 6. The topological polar surface area (TPSA) is 55.4 Å². The van der Waals surface area contributed by atoms with Gasteiger partial charge in [0.25, 0.3) is 0 Å². The Balaban J connectivity index is 1.67. The highest BCUT2D eigenvalue weighted by Gasteiger charge is 2.50. The molecule has 0 aliphatic carbocycles. The summed E-state index contributed by atoms with van der Waals surface area (Å²) in [6.45, 7) is 0. The van der Waals surface area contributed by atoms with Crippen LogP contribution < -0.4 is 23.7 Å². The van der Waals surface area contributed by atoms with Gasteiger partial charge < -0.3 is 28.4 Å². The molecule has 0 amide bonds. The van der Waals surface area contributed by atoms with E-state index in [4.69, 9.17) is 28.4 Å². The molecule has 0 saturated carbocycles. The van der Waals surface area contributed by atoms with Gasteiger partial charge in [-0.3, -0.25) is 0 Å². The van der Waals surface area contributed by atoms with Crippen molar-refractivity contribution in [2.45, 2.75) is 11.2 Å². The summed E-state index contributed by atoms with van der Waals surface area (Å²) in [4.78, 5) is 0. The molecule has 48 heavy (non-hydrogen) atoms. The molecule has 6 heteroatoms. The molecule has 0 fully saturated rings. The zero-order chi connectivity index (χ0) is 33.1. The standard InChI is InChI=1S/C42H36O6/c1-43-35-21-15-31(16-22-35)41(29-11-7-5-8-12-29)33-19-25-37(45-3)39(27-33)47-40-28-34(20-26-38(40)46-4)42(48-41,30-13-9-6-10-14-30)32-17-23-36(44-2)24-18-32/h5-28H,1-4H3. The second-order valence-electron chi connectivity index (χ2n) is 11.5. The van der Waals surface area contributed by atoms with E-state index in [0.717, 1.165) is 44.9 Å². The summed E-state index contributed by atoms with van der Waals surface area (Å²) in [5.74, 6) is 3.69. The number of hydrogen-bond acceptors (Lipinski definition) is 6. The van der Waals surface area contributed by atoms with E-state index >= 15 is 0 Å². The zero-order valence-electron chi connectivity index (χ0n) is 27.3. The molecule has 240 valence electrons. The van der Waals surface area contributed by atoms with Crippen LogP contribution in [0.5, 0.6) is 34.5 Å². The van der Waals surface area contributed by atoms with Gasteiger partial charge in [-0.05, 0) is 81.9 Å². The molecule has 6 nitrogen and oxygen atoms in total.